The number of aliphatic hydroxyl groups is 1. The molecule has 1 unspecified atom stereocenters. The molecule has 0 bridgehead atoms. The van der Waals surface area contributed by atoms with Gasteiger partial charge in [0.15, 0.2) is 12.8 Å². The third-order valence-corrected chi connectivity index (χ3v) is 7.40. The van der Waals surface area contributed by atoms with Crippen LogP contribution in [0.1, 0.15) is 84.5 Å². The summed E-state index contributed by atoms with van der Waals surface area (Å²) in [5.74, 6) is 0. The zero-order valence-corrected chi connectivity index (χ0v) is 35.3. The van der Waals surface area contributed by atoms with Gasteiger partial charge in [-0.2, -0.15) is 5.06 Å². The minimum absolute atomic E-state index is 0. The topological polar surface area (TPSA) is 140 Å². The predicted molar refractivity (Wildman–Crippen MR) is 236 cm³/mol. The van der Waals surface area contributed by atoms with Gasteiger partial charge in [-0.3, -0.25) is 0 Å². The van der Waals surface area contributed by atoms with Crippen LogP contribution in [-0.2, 0) is 17.8 Å². The molecule has 1 amide bonds. The van der Waals surface area contributed by atoms with E-state index in [0.29, 0.717) is 13.1 Å². The summed E-state index contributed by atoms with van der Waals surface area (Å²) in [5, 5.41) is 35.3. The van der Waals surface area contributed by atoms with E-state index in [0.717, 1.165) is 45.9 Å². The van der Waals surface area contributed by atoms with Gasteiger partial charge in [-0.1, -0.05) is 132 Å². The number of hydroxylamine groups is 3. The summed E-state index contributed by atoms with van der Waals surface area (Å²) in [6.45, 7) is 16.4. The molecular weight excluding hydrogens is 726 g/mol. The Bertz CT molecular complexity index is 1860. The Morgan fingerprint density at radius 2 is 1.36 bits per heavy atom. The van der Waals surface area contributed by atoms with Crippen molar-refractivity contribution in [1.82, 2.24) is 20.3 Å². The molecular formula is C45H64ClN5O5. The Balaban J connectivity index is 0.000000887. The molecule has 10 nitrogen and oxygen atoms in total. The van der Waals surface area contributed by atoms with E-state index in [1.165, 1.54) is 16.0 Å². The van der Waals surface area contributed by atoms with Crippen molar-refractivity contribution in [2.45, 2.75) is 86.5 Å². The number of rotatable bonds is 9. The summed E-state index contributed by atoms with van der Waals surface area (Å²) in [4.78, 5) is 18.5. The fourth-order valence-corrected chi connectivity index (χ4v) is 5.15. The van der Waals surface area contributed by atoms with E-state index in [4.69, 9.17) is 9.84 Å². The zero-order valence-electron chi connectivity index (χ0n) is 34.5. The standard InChI is InChI=1S/C22H27N3O3.C10H13NO.C8H7N.2C2H6.CH4O.ClH/c1-22(2,3)28-21(26)24-14-20(25(27)15-16-9-5-4-6-10-16)18-13-23-19-12-8-7-11-17(18)19;1-2-8-11(12)9-10-6-4-3-5-7-10;1-2-4-8-7(3-1)5-6-9-8;3*1-2;/h4-13,20,23,27H,14-15H2,1-3H3,(H,24,26);3-8H,2,9H2,1H3;1-6,9H;2*1-2H3;2H,1H3;1H/b;11-8-;;;;;. The fourth-order valence-electron chi connectivity index (χ4n) is 5.15. The quantitative estimate of drug-likeness (QED) is 0.0428. The molecule has 56 heavy (non-hydrogen) atoms. The normalized spacial score (nSPS) is 10.9. The number of aromatic amines is 2. The molecule has 2 aromatic heterocycles. The van der Waals surface area contributed by atoms with Crippen molar-refractivity contribution in [3.63, 3.8) is 0 Å². The van der Waals surface area contributed by atoms with Gasteiger partial charge < -0.3 is 35.5 Å². The molecule has 2 heterocycles. The van der Waals surface area contributed by atoms with Crippen LogP contribution in [0.5, 0.6) is 0 Å². The highest BCUT2D eigenvalue weighted by molar-refractivity contribution is 5.85. The van der Waals surface area contributed by atoms with Crippen molar-refractivity contribution in [2.24, 2.45) is 0 Å². The van der Waals surface area contributed by atoms with Gasteiger partial charge in [0, 0.05) is 61.0 Å². The summed E-state index contributed by atoms with van der Waals surface area (Å²) < 4.78 is 6.30. The largest absolute Gasteiger partial charge is 0.624 e. The summed E-state index contributed by atoms with van der Waals surface area (Å²) in [5.41, 5.74) is 4.54. The molecule has 6 aromatic rings. The van der Waals surface area contributed by atoms with E-state index in [9.17, 15) is 15.2 Å². The Morgan fingerprint density at radius 1 is 0.821 bits per heavy atom. The Morgan fingerprint density at radius 3 is 1.93 bits per heavy atom. The summed E-state index contributed by atoms with van der Waals surface area (Å²) in [6.07, 6.45) is 5.75. The number of halogens is 1. The van der Waals surface area contributed by atoms with Crippen molar-refractivity contribution >= 4 is 46.5 Å². The molecule has 0 saturated carbocycles. The van der Waals surface area contributed by atoms with Crippen LogP contribution in [0.25, 0.3) is 21.8 Å². The van der Waals surface area contributed by atoms with Gasteiger partial charge in [-0.25, -0.2) is 9.53 Å². The number of benzene rings is 4. The second-order valence-corrected chi connectivity index (χ2v) is 12.5. The molecule has 0 fully saturated rings. The number of aliphatic hydroxyl groups excluding tert-OH is 1. The van der Waals surface area contributed by atoms with E-state index < -0.39 is 17.7 Å². The maximum atomic E-state index is 12.1. The first kappa shape index (κ1) is 50.9. The van der Waals surface area contributed by atoms with Crippen LogP contribution >= 0.6 is 12.4 Å². The number of nitrogens with zero attached hydrogens (tertiary/aromatic N) is 2. The number of aromatic nitrogens is 2. The van der Waals surface area contributed by atoms with Gasteiger partial charge in [0.2, 0.25) is 0 Å². The number of hydrogen-bond acceptors (Lipinski definition) is 6. The van der Waals surface area contributed by atoms with Gasteiger partial charge in [-0.05, 0) is 55.5 Å². The molecule has 0 aliphatic carbocycles. The maximum absolute atomic E-state index is 12.1. The first-order valence-electron chi connectivity index (χ1n) is 18.9. The number of nitrogens with one attached hydrogen (secondary N) is 3. The minimum Gasteiger partial charge on any atom is -0.624 e. The molecule has 0 spiro atoms. The van der Waals surface area contributed by atoms with Gasteiger partial charge in [0.05, 0.1) is 6.04 Å². The van der Waals surface area contributed by atoms with Crippen molar-refractivity contribution in [3.8, 4) is 0 Å². The highest BCUT2D eigenvalue weighted by atomic mass is 35.5. The second kappa shape index (κ2) is 29.2. The number of fused-ring (bicyclic) bond motifs is 2. The number of H-pyrrole nitrogens is 2. The van der Waals surface area contributed by atoms with Crippen molar-refractivity contribution in [2.75, 3.05) is 13.7 Å². The van der Waals surface area contributed by atoms with E-state index in [2.05, 4.69) is 33.5 Å². The van der Waals surface area contributed by atoms with Gasteiger partial charge in [0.1, 0.15) is 5.60 Å². The highest BCUT2D eigenvalue weighted by Crippen LogP contribution is 2.28. The number of para-hydroxylation sites is 2. The van der Waals surface area contributed by atoms with Crippen LogP contribution in [0.2, 0.25) is 0 Å². The monoisotopic (exact) mass is 789 g/mol. The fraction of sp³-hybridized carbons (Fsp3) is 0.333. The van der Waals surface area contributed by atoms with E-state index in [-0.39, 0.29) is 19.0 Å². The molecule has 0 aliphatic rings. The summed E-state index contributed by atoms with van der Waals surface area (Å²) >= 11 is 0. The highest BCUT2D eigenvalue weighted by Gasteiger charge is 2.24. The van der Waals surface area contributed by atoms with Gasteiger partial charge in [0.25, 0.3) is 0 Å². The van der Waals surface area contributed by atoms with Crippen molar-refractivity contribution in [1.29, 1.82) is 0 Å². The van der Waals surface area contributed by atoms with Gasteiger partial charge >= 0.3 is 6.09 Å². The Labute approximate surface area is 340 Å². The van der Waals surface area contributed by atoms with Crippen LogP contribution in [-0.4, -0.2) is 61.6 Å². The lowest BCUT2D eigenvalue weighted by molar-refractivity contribution is -0.471. The van der Waals surface area contributed by atoms with Crippen LogP contribution < -0.4 is 5.32 Å². The molecule has 306 valence electrons. The molecule has 4 aromatic carbocycles. The third kappa shape index (κ3) is 19.0. The zero-order chi connectivity index (χ0) is 41.1. The minimum atomic E-state index is -0.580. The first-order chi connectivity index (χ1) is 26.6. The number of alkyl carbamates (subject to hydrolysis) is 1. The van der Waals surface area contributed by atoms with Crippen molar-refractivity contribution < 1.29 is 24.6 Å². The molecule has 1 atom stereocenters. The van der Waals surface area contributed by atoms with Crippen LogP contribution in [0, 0.1) is 5.21 Å². The third-order valence-electron chi connectivity index (χ3n) is 7.40. The smallest absolute Gasteiger partial charge is 0.407 e. The van der Waals surface area contributed by atoms with E-state index in [1.807, 2.05) is 165 Å². The number of hydrogen-bond donors (Lipinski definition) is 5. The SMILES string of the molecule is CC.CC.CC(C)(C)OC(=O)NCC(c1c[nH]c2ccccc12)N(O)Cc1ccccc1.CC/C=[N+](\[O-])Cc1ccccc1.CO.Cl.c1ccc2[nH]ccc2c1. The maximum Gasteiger partial charge on any atom is 0.407 e. The Hall–Kier alpha value is -5.13. The lowest BCUT2D eigenvalue weighted by atomic mass is 10.0. The molecule has 0 saturated heterocycles. The van der Waals surface area contributed by atoms with Crippen molar-refractivity contribution in [3.05, 3.63) is 150 Å². The van der Waals surface area contributed by atoms with Crippen LogP contribution in [0.3, 0.4) is 0 Å². The predicted octanol–water partition coefficient (Wildman–Crippen LogP) is 11.1. The lowest BCUT2D eigenvalue weighted by Crippen LogP contribution is -2.39. The second-order valence-electron chi connectivity index (χ2n) is 12.5. The average molecular weight is 790 g/mol. The average Bonchev–Trinajstić information content (AvgIpc) is 3.86. The number of amides is 1. The first-order valence-corrected chi connectivity index (χ1v) is 18.9. The number of ether oxygens (including phenoxy) is 1. The molecule has 11 heteroatoms. The number of carbonyl (C=O) groups excluding carboxylic acids is 1. The molecule has 6 rings (SSSR count). The molecule has 0 aliphatic heterocycles. The van der Waals surface area contributed by atoms with E-state index >= 15 is 0 Å². The Kier molecular flexibility index (Phi) is 26.5. The van der Waals surface area contributed by atoms with Gasteiger partial charge in [-0.15, -0.1) is 12.4 Å². The summed E-state index contributed by atoms with van der Waals surface area (Å²) in [6, 6.07) is 37.2. The molecule has 0 radical (unpaired) electrons. The number of carbonyl (C=O) groups is 1. The van der Waals surface area contributed by atoms with E-state index in [1.54, 1.807) is 6.21 Å². The van der Waals surface area contributed by atoms with Crippen LogP contribution in [0.15, 0.2) is 128 Å². The molecule has 5 N–H and O–H groups in total. The van der Waals surface area contributed by atoms with Crippen LogP contribution in [0.4, 0.5) is 4.79 Å². The summed E-state index contributed by atoms with van der Waals surface area (Å²) in [7, 11) is 1.00. The lowest BCUT2D eigenvalue weighted by Gasteiger charge is -2.27.